The van der Waals surface area contributed by atoms with E-state index in [0.29, 0.717) is 11.3 Å². The lowest BCUT2D eigenvalue weighted by atomic mass is 9.98. The quantitative estimate of drug-likeness (QED) is 0.653. The number of aliphatic imine (C=N–C) groups is 1. The number of carboxylic acid groups (broad SMARTS) is 1. The van der Waals surface area contributed by atoms with Gasteiger partial charge in [0.05, 0.1) is 16.4 Å². The lowest BCUT2D eigenvalue weighted by Gasteiger charge is -2.08. The number of hydrogen-bond acceptors (Lipinski definition) is 3. The van der Waals surface area contributed by atoms with E-state index in [1.54, 1.807) is 18.2 Å². The second kappa shape index (κ2) is 4.87. The second-order valence-corrected chi connectivity index (χ2v) is 3.69. The van der Waals surface area contributed by atoms with Crippen molar-refractivity contribution in [2.45, 2.75) is 6.42 Å². The molecule has 3 nitrogen and oxygen atoms in total. The SMILES string of the molecule is O=C(O)c1cccc(N=C=S)c1C1=CCC=C1. The van der Waals surface area contributed by atoms with Gasteiger partial charge in [-0.15, -0.1) is 0 Å². The Morgan fingerprint density at radius 1 is 1.47 bits per heavy atom. The summed E-state index contributed by atoms with van der Waals surface area (Å²) in [5.41, 5.74) is 2.24. The Hall–Kier alpha value is -2.03. The van der Waals surface area contributed by atoms with Gasteiger partial charge in [0, 0.05) is 5.56 Å². The van der Waals surface area contributed by atoms with Crippen LogP contribution in [0.1, 0.15) is 22.3 Å². The third-order valence-corrected chi connectivity index (χ3v) is 2.59. The standard InChI is InChI=1S/C13H9NO2S/c15-13(16)10-6-3-7-11(14-8-17)12(10)9-4-1-2-5-9/h1,3-7H,2H2,(H,15,16). The van der Waals surface area contributed by atoms with Crippen LogP contribution < -0.4 is 0 Å². The number of carbonyl (C=O) groups is 1. The van der Waals surface area contributed by atoms with Gasteiger partial charge in [0.15, 0.2) is 0 Å². The summed E-state index contributed by atoms with van der Waals surface area (Å²) in [6, 6.07) is 4.94. The number of isothiocyanates is 1. The van der Waals surface area contributed by atoms with Crippen molar-refractivity contribution in [3.63, 3.8) is 0 Å². The molecule has 1 aliphatic carbocycles. The summed E-state index contributed by atoms with van der Waals surface area (Å²) in [7, 11) is 0. The molecule has 0 heterocycles. The van der Waals surface area contributed by atoms with E-state index >= 15 is 0 Å². The molecule has 0 aliphatic heterocycles. The zero-order chi connectivity index (χ0) is 12.3. The third-order valence-electron chi connectivity index (χ3n) is 2.50. The van der Waals surface area contributed by atoms with Crippen LogP contribution in [0.2, 0.25) is 0 Å². The van der Waals surface area contributed by atoms with E-state index in [4.69, 9.17) is 0 Å². The number of benzene rings is 1. The summed E-state index contributed by atoms with van der Waals surface area (Å²) < 4.78 is 0. The summed E-state index contributed by atoms with van der Waals surface area (Å²) in [6.45, 7) is 0. The van der Waals surface area contributed by atoms with Crippen LogP contribution in [0.4, 0.5) is 5.69 Å². The molecule has 0 bridgehead atoms. The van der Waals surface area contributed by atoms with Crippen LogP contribution >= 0.6 is 12.2 Å². The third kappa shape index (κ3) is 2.23. The van der Waals surface area contributed by atoms with Gasteiger partial charge in [0.1, 0.15) is 0 Å². The monoisotopic (exact) mass is 243 g/mol. The summed E-state index contributed by atoms with van der Waals surface area (Å²) in [4.78, 5) is 15.1. The molecule has 0 aromatic heterocycles. The van der Waals surface area contributed by atoms with E-state index in [-0.39, 0.29) is 5.56 Å². The van der Waals surface area contributed by atoms with Gasteiger partial charge in [0.2, 0.25) is 0 Å². The summed E-state index contributed by atoms with van der Waals surface area (Å²) in [6.07, 6.45) is 6.64. The maximum Gasteiger partial charge on any atom is 0.336 e. The van der Waals surface area contributed by atoms with Gasteiger partial charge in [-0.2, -0.15) is 4.99 Å². The minimum atomic E-state index is -0.970. The van der Waals surface area contributed by atoms with E-state index in [0.717, 1.165) is 12.0 Å². The molecule has 1 N–H and O–H groups in total. The van der Waals surface area contributed by atoms with Gasteiger partial charge in [-0.1, -0.05) is 24.3 Å². The molecular formula is C13H9NO2S. The molecule has 1 aliphatic rings. The smallest absolute Gasteiger partial charge is 0.336 e. The molecule has 0 unspecified atom stereocenters. The summed E-state index contributed by atoms with van der Waals surface area (Å²) in [5.74, 6) is -0.970. The van der Waals surface area contributed by atoms with E-state index in [1.165, 1.54) is 0 Å². The first kappa shape index (κ1) is 11.5. The Labute approximate surface area is 104 Å². The van der Waals surface area contributed by atoms with Crippen LogP contribution in [0, 0.1) is 0 Å². The first-order chi connectivity index (χ1) is 8.24. The van der Waals surface area contributed by atoms with Gasteiger partial charge in [-0.3, -0.25) is 0 Å². The number of nitrogens with zero attached hydrogens (tertiary/aromatic N) is 1. The number of thiocarbonyl (C=S) groups is 1. The highest BCUT2D eigenvalue weighted by Crippen LogP contribution is 2.33. The van der Waals surface area contributed by atoms with E-state index in [2.05, 4.69) is 22.4 Å². The number of aromatic carboxylic acids is 1. The van der Waals surface area contributed by atoms with Crippen molar-refractivity contribution in [3.8, 4) is 0 Å². The van der Waals surface area contributed by atoms with E-state index in [1.807, 2.05) is 18.2 Å². The zero-order valence-corrected chi connectivity index (χ0v) is 9.70. The molecule has 0 saturated heterocycles. The largest absolute Gasteiger partial charge is 0.478 e. The predicted octanol–water partition coefficient (Wildman–Crippen LogP) is 3.46. The zero-order valence-electron chi connectivity index (χ0n) is 8.88. The average molecular weight is 243 g/mol. The van der Waals surface area contributed by atoms with Crippen LogP contribution in [-0.4, -0.2) is 16.2 Å². The van der Waals surface area contributed by atoms with Crippen molar-refractivity contribution in [2.75, 3.05) is 0 Å². The highest BCUT2D eigenvalue weighted by molar-refractivity contribution is 7.78. The Balaban J connectivity index is 2.70. The molecule has 0 atom stereocenters. The molecule has 1 aromatic rings. The molecule has 0 fully saturated rings. The van der Waals surface area contributed by atoms with Crippen LogP contribution in [0.3, 0.4) is 0 Å². The lowest BCUT2D eigenvalue weighted by molar-refractivity contribution is 0.0696. The van der Waals surface area contributed by atoms with Crippen LogP contribution in [0.25, 0.3) is 5.57 Å². The van der Waals surface area contributed by atoms with Crippen molar-refractivity contribution in [1.29, 1.82) is 0 Å². The van der Waals surface area contributed by atoms with Gasteiger partial charge in [-0.05, 0) is 36.3 Å². The van der Waals surface area contributed by atoms with Crippen molar-refractivity contribution >= 4 is 34.6 Å². The molecule has 1 aromatic carbocycles. The topological polar surface area (TPSA) is 49.7 Å². The average Bonchev–Trinajstić information content (AvgIpc) is 2.82. The molecule has 2 rings (SSSR count). The predicted molar refractivity (Wildman–Crippen MR) is 69.8 cm³/mol. The Kier molecular flexibility index (Phi) is 3.28. The fraction of sp³-hybridized carbons (Fsp3) is 0.0769. The highest BCUT2D eigenvalue weighted by atomic mass is 32.1. The molecule has 17 heavy (non-hydrogen) atoms. The second-order valence-electron chi connectivity index (χ2n) is 3.51. The highest BCUT2D eigenvalue weighted by Gasteiger charge is 2.17. The van der Waals surface area contributed by atoms with Gasteiger partial charge < -0.3 is 5.11 Å². The molecule has 0 spiro atoms. The fourth-order valence-electron chi connectivity index (χ4n) is 1.81. The van der Waals surface area contributed by atoms with E-state index < -0.39 is 5.97 Å². The summed E-state index contributed by atoms with van der Waals surface area (Å²) >= 11 is 4.58. The number of carboxylic acids is 1. The van der Waals surface area contributed by atoms with E-state index in [9.17, 15) is 9.90 Å². The molecule has 0 saturated carbocycles. The molecule has 0 radical (unpaired) electrons. The number of rotatable bonds is 3. The molecule has 4 heteroatoms. The first-order valence-electron chi connectivity index (χ1n) is 5.05. The van der Waals surface area contributed by atoms with Crippen molar-refractivity contribution < 1.29 is 9.90 Å². The maximum absolute atomic E-state index is 11.2. The fourth-order valence-corrected chi connectivity index (χ4v) is 1.91. The number of hydrogen-bond donors (Lipinski definition) is 1. The number of allylic oxidation sites excluding steroid dienone is 4. The normalized spacial score (nSPS) is 13.1. The van der Waals surface area contributed by atoms with Gasteiger partial charge in [-0.25, -0.2) is 4.79 Å². The molecule has 84 valence electrons. The van der Waals surface area contributed by atoms with Crippen molar-refractivity contribution in [2.24, 2.45) is 4.99 Å². The Morgan fingerprint density at radius 3 is 2.88 bits per heavy atom. The Bertz CT molecular complexity index is 561. The van der Waals surface area contributed by atoms with Gasteiger partial charge >= 0.3 is 5.97 Å². The minimum Gasteiger partial charge on any atom is -0.478 e. The van der Waals surface area contributed by atoms with Crippen LogP contribution in [0.15, 0.2) is 41.4 Å². The van der Waals surface area contributed by atoms with Gasteiger partial charge in [0.25, 0.3) is 0 Å². The summed E-state index contributed by atoms with van der Waals surface area (Å²) in [5, 5.41) is 11.5. The first-order valence-corrected chi connectivity index (χ1v) is 5.46. The maximum atomic E-state index is 11.2. The van der Waals surface area contributed by atoms with Crippen LogP contribution in [0.5, 0.6) is 0 Å². The molecule has 0 amide bonds. The van der Waals surface area contributed by atoms with Crippen molar-refractivity contribution in [3.05, 3.63) is 47.6 Å². The van der Waals surface area contributed by atoms with Crippen LogP contribution in [-0.2, 0) is 0 Å². The lowest BCUT2D eigenvalue weighted by Crippen LogP contribution is -2.01. The molecular weight excluding hydrogens is 234 g/mol. The van der Waals surface area contributed by atoms with Crippen molar-refractivity contribution in [1.82, 2.24) is 0 Å². The minimum absolute atomic E-state index is 0.231. The Morgan fingerprint density at radius 2 is 2.29 bits per heavy atom.